The first-order valence-electron chi connectivity index (χ1n) is 13.5. The quantitative estimate of drug-likeness (QED) is 0.400. The number of hydrogen-bond donors (Lipinski definition) is 3. The van der Waals surface area contributed by atoms with Crippen molar-refractivity contribution < 1.29 is 78.7 Å². The average molecular weight is 696 g/mol. The Balaban J connectivity index is 0.000000301. The number of aromatic nitrogens is 1. The predicted molar refractivity (Wildman–Crippen MR) is 142 cm³/mol. The normalized spacial score (nSPS) is 21.7. The molecule has 0 spiro atoms. The summed E-state index contributed by atoms with van der Waals surface area (Å²) in [6.45, 7) is 9.97. The van der Waals surface area contributed by atoms with Crippen molar-refractivity contribution in [3.05, 3.63) is 42.1 Å². The molecule has 0 unspecified atom stereocenters. The Morgan fingerprint density at radius 2 is 1.30 bits per heavy atom. The van der Waals surface area contributed by atoms with Gasteiger partial charge in [-0.2, -0.15) is 39.5 Å². The third-order valence-electron chi connectivity index (χ3n) is 7.00. The third kappa shape index (κ3) is 12.8. The van der Waals surface area contributed by atoms with E-state index in [1.54, 1.807) is 0 Å². The zero-order valence-corrected chi connectivity index (χ0v) is 24.2. The van der Waals surface area contributed by atoms with Crippen LogP contribution in [0.3, 0.4) is 0 Å². The molecule has 0 saturated carbocycles. The number of alkyl halides is 9. The maximum Gasteiger partial charge on any atom is 0.490 e. The number of ether oxygens (including phenoxy) is 2. The second-order valence-corrected chi connectivity index (χ2v) is 10.5. The van der Waals surface area contributed by atoms with Gasteiger partial charge in [0.25, 0.3) is 0 Å². The maximum absolute atomic E-state index is 10.6. The fraction of sp³-hybridized carbons (Fsp3) is 0.556. The van der Waals surface area contributed by atoms with E-state index in [4.69, 9.17) is 44.2 Å². The first-order chi connectivity index (χ1) is 21.6. The van der Waals surface area contributed by atoms with E-state index in [1.165, 1.54) is 11.1 Å². The van der Waals surface area contributed by atoms with Crippen molar-refractivity contribution in [2.24, 2.45) is 11.3 Å². The largest absolute Gasteiger partial charge is 0.490 e. The van der Waals surface area contributed by atoms with Gasteiger partial charge in [-0.25, -0.2) is 14.4 Å². The number of carbonyl (C=O) groups is 3. The van der Waals surface area contributed by atoms with Crippen LogP contribution in [0, 0.1) is 11.3 Å². The van der Waals surface area contributed by atoms with Gasteiger partial charge in [0.15, 0.2) is 0 Å². The highest BCUT2D eigenvalue weighted by Crippen LogP contribution is 2.42. The highest BCUT2D eigenvalue weighted by molar-refractivity contribution is 5.78. The fourth-order valence-electron chi connectivity index (χ4n) is 4.92. The van der Waals surface area contributed by atoms with E-state index in [9.17, 15) is 39.5 Å². The molecule has 3 fully saturated rings. The van der Waals surface area contributed by atoms with Crippen LogP contribution in [0.15, 0.2) is 36.4 Å². The van der Waals surface area contributed by atoms with Crippen LogP contribution in [0.25, 0.3) is 10.9 Å². The molecule has 0 bridgehead atoms. The molecule has 47 heavy (non-hydrogen) atoms. The topological polar surface area (TPSA) is 150 Å². The first kappa shape index (κ1) is 39.4. The SMILES string of the molecule is O=C(O)C(F)(F)F.O=C(O)C(F)(F)F.O=C(O)C(F)(F)F.c1ccc2nc(CN3C[C@@H]4COC[C@]4(CN4CCOCC4)C3)ccc2c1. The highest BCUT2D eigenvalue weighted by Gasteiger charge is 2.51. The number of morpholine rings is 1. The number of nitrogens with zero attached hydrogens (tertiary/aromatic N) is 3. The molecule has 1 aromatic heterocycles. The molecule has 0 amide bonds. The number of aliphatic carboxylic acids is 3. The number of halogens is 9. The van der Waals surface area contributed by atoms with Crippen LogP contribution >= 0.6 is 0 Å². The molecule has 3 N–H and O–H groups in total. The van der Waals surface area contributed by atoms with Gasteiger partial charge in [0.05, 0.1) is 37.6 Å². The van der Waals surface area contributed by atoms with Crippen molar-refractivity contribution in [3.8, 4) is 0 Å². The molecule has 0 radical (unpaired) electrons. The number of pyridine rings is 1. The van der Waals surface area contributed by atoms with Crippen molar-refractivity contribution in [3.63, 3.8) is 0 Å². The summed E-state index contributed by atoms with van der Waals surface area (Å²) in [6, 6.07) is 12.7. The Morgan fingerprint density at radius 1 is 0.787 bits per heavy atom. The second-order valence-electron chi connectivity index (χ2n) is 10.5. The molecule has 5 rings (SSSR count). The number of likely N-dealkylation sites (tertiary alicyclic amines) is 1. The lowest BCUT2D eigenvalue weighted by Gasteiger charge is -2.36. The first-order valence-corrected chi connectivity index (χ1v) is 13.5. The predicted octanol–water partition coefficient (Wildman–Crippen LogP) is 3.92. The number of carboxylic acid groups (broad SMARTS) is 3. The Labute approximate surface area is 260 Å². The van der Waals surface area contributed by atoms with Gasteiger partial charge >= 0.3 is 36.4 Å². The Kier molecular flexibility index (Phi) is 13.7. The van der Waals surface area contributed by atoms with E-state index >= 15 is 0 Å². The lowest BCUT2D eigenvalue weighted by Crippen LogP contribution is -2.47. The smallest absolute Gasteiger partial charge is 0.475 e. The minimum Gasteiger partial charge on any atom is -0.475 e. The van der Waals surface area contributed by atoms with E-state index < -0.39 is 36.4 Å². The number of fused-ring (bicyclic) bond motifs is 2. The fourth-order valence-corrected chi connectivity index (χ4v) is 4.92. The standard InChI is InChI=1S/C21H27N3O2.3C2HF3O2/c1-2-4-20-17(3-1)5-6-19(22-20)12-24-11-18-13-26-16-21(18,15-24)14-23-7-9-25-10-8-23;3*3-2(4,5)1(6)7/h1-6,18H,7-16H2;3*(H,6,7)/t18-,21+;;;/m1.../s1. The number of para-hydroxylation sites is 1. The third-order valence-corrected chi connectivity index (χ3v) is 7.00. The Morgan fingerprint density at radius 3 is 1.81 bits per heavy atom. The second kappa shape index (κ2) is 16.4. The molecule has 2 atom stereocenters. The van der Waals surface area contributed by atoms with E-state index in [0.717, 1.165) is 71.2 Å². The van der Waals surface area contributed by atoms with Crippen LogP contribution in [0.4, 0.5) is 39.5 Å². The van der Waals surface area contributed by atoms with Gasteiger partial charge in [-0.1, -0.05) is 24.3 Å². The number of hydrogen-bond acceptors (Lipinski definition) is 8. The molecule has 3 aliphatic rings. The van der Waals surface area contributed by atoms with Gasteiger partial charge in [-0.15, -0.1) is 0 Å². The van der Waals surface area contributed by atoms with E-state index in [-0.39, 0.29) is 5.41 Å². The van der Waals surface area contributed by atoms with Crippen molar-refractivity contribution in [1.29, 1.82) is 0 Å². The Hall–Kier alpha value is -3.75. The van der Waals surface area contributed by atoms with Crippen molar-refractivity contribution in [2.45, 2.75) is 25.1 Å². The molecule has 1 aromatic carbocycles. The van der Waals surface area contributed by atoms with Crippen LogP contribution in [0.2, 0.25) is 0 Å². The summed E-state index contributed by atoms with van der Waals surface area (Å²) in [5.41, 5.74) is 2.55. The summed E-state index contributed by atoms with van der Waals surface area (Å²) < 4.78 is 107. The van der Waals surface area contributed by atoms with Crippen LogP contribution in [0.5, 0.6) is 0 Å². The molecule has 3 saturated heterocycles. The molecule has 4 heterocycles. The number of rotatable bonds is 4. The van der Waals surface area contributed by atoms with Crippen LogP contribution < -0.4 is 0 Å². The van der Waals surface area contributed by atoms with Crippen molar-refractivity contribution in [1.82, 2.24) is 14.8 Å². The summed E-state index contributed by atoms with van der Waals surface area (Å²) in [5, 5.41) is 22.6. The van der Waals surface area contributed by atoms with Gasteiger partial charge < -0.3 is 24.8 Å². The summed E-state index contributed by atoms with van der Waals surface area (Å²) in [4.78, 5) is 36.7. The van der Waals surface area contributed by atoms with E-state index in [2.05, 4.69) is 46.2 Å². The maximum atomic E-state index is 10.6. The van der Waals surface area contributed by atoms with Crippen LogP contribution in [-0.2, 0) is 30.4 Å². The van der Waals surface area contributed by atoms with Crippen molar-refractivity contribution >= 4 is 28.8 Å². The molecule has 264 valence electrons. The lowest BCUT2D eigenvalue weighted by molar-refractivity contribution is -0.193. The molecule has 11 nitrogen and oxygen atoms in total. The lowest BCUT2D eigenvalue weighted by atomic mass is 9.80. The van der Waals surface area contributed by atoms with E-state index in [0.29, 0.717) is 5.92 Å². The highest BCUT2D eigenvalue weighted by atomic mass is 19.4. The van der Waals surface area contributed by atoms with Gasteiger partial charge in [-0.3, -0.25) is 14.8 Å². The molecule has 0 aliphatic carbocycles. The average Bonchev–Trinajstić information content (AvgIpc) is 3.49. The minimum atomic E-state index is -5.08. The molecule has 20 heteroatoms. The molecule has 3 aliphatic heterocycles. The zero-order chi connectivity index (χ0) is 35.6. The molecular weight excluding hydrogens is 665 g/mol. The summed E-state index contributed by atoms with van der Waals surface area (Å²) >= 11 is 0. The summed E-state index contributed by atoms with van der Waals surface area (Å²) in [7, 11) is 0. The van der Waals surface area contributed by atoms with Gasteiger partial charge in [0, 0.05) is 56.0 Å². The van der Waals surface area contributed by atoms with Crippen LogP contribution in [0.1, 0.15) is 5.69 Å². The van der Waals surface area contributed by atoms with Gasteiger partial charge in [-0.05, 0) is 12.1 Å². The number of benzene rings is 1. The Bertz CT molecular complexity index is 1290. The zero-order valence-electron chi connectivity index (χ0n) is 24.2. The van der Waals surface area contributed by atoms with E-state index in [1.807, 2.05) is 0 Å². The number of carboxylic acids is 3. The van der Waals surface area contributed by atoms with Gasteiger partial charge in [0.1, 0.15) is 0 Å². The molecule has 2 aromatic rings. The van der Waals surface area contributed by atoms with Crippen LogP contribution in [-0.4, -0.2) is 126 Å². The minimum absolute atomic E-state index is 0.286. The van der Waals surface area contributed by atoms with Gasteiger partial charge in [0.2, 0.25) is 0 Å². The summed E-state index contributed by atoms with van der Waals surface area (Å²) in [5.74, 6) is -7.63. The van der Waals surface area contributed by atoms with Crippen molar-refractivity contribution in [2.75, 3.05) is 59.2 Å². The molecular formula is C27H30F9N3O8. The monoisotopic (exact) mass is 695 g/mol. The summed E-state index contributed by atoms with van der Waals surface area (Å²) in [6.07, 6.45) is -15.3.